The number of carbonyl (C=O) groups excluding carboxylic acids is 1. The fourth-order valence-electron chi connectivity index (χ4n) is 2.56. The van der Waals surface area contributed by atoms with Crippen molar-refractivity contribution in [3.05, 3.63) is 59.1 Å². The molecule has 1 aliphatic rings. The molecule has 1 heterocycles. The van der Waals surface area contributed by atoms with Crippen LogP contribution in [0.5, 0.6) is 0 Å². The molecule has 3 rings (SSSR count). The average molecular weight is 301 g/mol. The molecule has 108 valence electrons. The number of carbonyl (C=O) groups is 1. The van der Waals surface area contributed by atoms with Gasteiger partial charge in [-0.05, 0) is 55.3 Å². The molecule has 0 aromatic heterocycles. The number of amides is 1. The van der Waals surface area contributed by atoms with Crippen molar-refractivity contribution in [2.24, 2.45) is 0 Å². The summed E-state index contributed by atoms with van der Waals surface area (Å²) in [6, 6.07) is 14.9. The number of nitrogens with one attached hydrogen (secondary N) is 1. The first-order chi connectivity index (χ1) is 10.2. The van der Waals surface area contributed by atoms with Gasteiger partial charge in [0.25, 0.3) is 5.91 Å². The summed E-state index contributed by atoms with van der Waals surface area (Å²) >= 11 is 5.84. The van der Waals surface area contributed by atoms with Crippen molar-refractivity contribution >= 4 is 28.9 Å². The normalized spacial score (nSPS) is 14.2. The van der Waals surface area contributed by atoms with Gasteiger partial charge in [-0.2, -0.15) is 0 Å². The van der Waals surface area contributed by atoms with Crippen LogP contribution in [0.3, 0.4) is 0 Å². The first-order valence-corrected chi connectivity index (χ1v) is 7.52. The third-order valence-electron chi connectivity index (χ3n) is 3.68. The second kappa shape index (κ2) is 6.19. The van der Waals surface area contributed by atoms with Crippen LogP contribution in [-0.2, 0) is 0 Å². The van der Waals surface area contributed by atoms with Gasteiger partial charge >= 0.3 is 0 Å². The molecule has 1 amide bonds. The van der Waals surface area contributed by atoms with Crippen molar-refractivity contribution in [1.82, 2.24) is 0 Å². The minimum Gasteiger partial charge on any atom is -0.372 e. The zero-order valence-electron chi connectivity index (χ0n) is 11.7. The summed E-state index contributed by atoms with van der Waals surface area (Å²) < 4.78 is 0. The summed E-state index contributed by atoms with van der Waals surface area (Å²) in [7, 11) is 0. The standard InChI is InChI=1S/C17H17ClN2O/c18-14-6-8-15(9-7-14)19-17(21)13-4-3-5-16(12-13)20-10-1-2-11-20/h3-9,12H,1-2,10-11H2,(H,19,21). The van der Waals surface area contributed by atoms with Gasteiger partial charge in [0, 0.05) is 35.1 Å². The van der Waals surface area contributed by atoms with E-state index in [2.05, 4.69) is 16.3 Å². The molecule has 0 saturated carbocycles. The van der Waals surface area contributed by atoms with E-state index in [0.29, 0.717) is 10.6 Å². The fourth-order valence-corrected chi connectivity index (χ4v) is 2.68. The lowest BCUT2D eigenvalue weighted by molar-refractivity contribution is 0.102. The van der Waals surface area contributed by atoms with Gasteiger partial charge in [0.2, 0.25) is 0 Å². The Morgan fingerprint density at radius 3 is 2.48 bits per heavy atom. The Bertz CT molecular complexity index is 633. The number of hydrogen-bond donors (Lipinski definition) is 1. The first kappa shape index (κ1) is 14.0. The highest BCUT2D eigenvalue weighted by Crippen LogP contribution is 2.22. The third kappa shape index (κ3) is 3.37. The van der Waals surface area contributed by atoms with E-state index in [1.165, 1.54) is 12.8 Å². The Hall–Kier alpha value is -2.00. The van der Waals surface area contributed by atoms with Gasteiger partial charge in [-0.3, -0.25) is 4.79 Å². The molecule has 21 heavy (non-hydrogen) atoms. The molecular formula is C17H17ClN2O. The number of halogens is 1. The minimum absolute atomic E-state index is 0.0987. The van der Waals surface area contributed by atoms with Crippen LogP contribution in [0.15, 0.2) is 48.5 Å². The molecule has 0 atom stereocenters. The molecule has 0 bridgehead atoms. The zero-order valence-corrected chi connectivity index (χ0v) is 12.4. The van der Waals surface area contributed by atoms with Crippen LogP contribution in [0.4, 0.5) is 11.4 Å². The maximum Gasteiger partial charge on any atom is 0.255 e. The van der Waals surface area contributed by atoms with Crippen molar-refractivity contribution in [3.63, 3.8) is 0 Å². The van der Waals surface area contributed by atoms with Gasteiger partial charge in [0.15, 0.2) is 0 Å². The van der Waals surface area contributed by atoms with Crippen LogP contribution in [-0.4, -0.2) is 19.0 Å². The number of rotatable bonds is 3. The number of anilines is 2. The van der Waals surface area contributed by atoms with E-state index in [-0.39, 0.29) is 5.91 Å². The van der Waals surface area contributed by atoms with Crippen LogP contribution in [0, 0.1) is 0 Å². The summed E-state index contributed by atoms with van der Waals surface area (Å²) in [5.41, 5.74) is 2.54. The molecule has 0 radical (unpaired) electrons. The molecular weight excluding hydrogens is 284 g/mol. The summed E-state index contributed by atoms with van der Waals surface area (Å²) in [5, 5.41) is 3.54. The van der Waals surface area contributed by atoms with Gasteiger partial charge in [0.1, 0.15) is 0 Å². The van der Waals surface area contributed by atoms with Gasteiger partial charge in [-0.15, -0.1) is 0 Å². The molecule has 0 spiro atoms. The van der Waals surface area contributed by atoms with Crippen LogP contribution >= 0.6 is 11.6 Å². The molecule has 1 aliphatic heterocycles. The van der Waals surface area contributed by atoms with Gasteiger partial charge in [0.05, 0.1) is 0 Å². The van der Waals surface area contributed by atoms with Crippen molar-refractivity contribution in [2.75, 3.05) is 23.3 Å². The molecule has 0 aliphatic carbocycles. The Balaban J connectivity index is 1.74. The lowest BCUT2D eigenvalue weighted by atomic mass is 10.1. The molecule has 1 fully saturated rings. The molecule has 1 N–H and O–H groups in total. The van der Waals surface area contributed by atoms with E-state index in [4.69, 9.17) is 11.6 Å². The van der Waals surface area contributed by atoms with E-state index < -0.39 is 0 Å². The van der Waals surface area contributed by atoms with Crippen LogP contribution in [0.1, 0.15) is 23.2 Å². The molecule has 2 aromatic rings. The second-order valence-corrected chi connectivity index (χ2v) is 5.64. The Morgan fingerprint density at radius 1 is 1.05 bits per heavy atom. The van der Waals surface area contributed by atoms with Crippen LogP contribution in [0.2, 0.25) is 5.02 Å². The van der Waals surface area contributed by atoms with Crippen LogP contribution < -0.4 is 10.2 Å². The third-order valence-corrected chi connectivity index (χ3v) is 3.93. The monoisotopic (exact) mass is 300 g/mol. The summed E-state index contributed by atoms with van der Waals surface area (Å²) in [5.74, 6) is -0.0987. The topological polar surface area (TPSA) is 32.3 Å². The highest BCUT2D eigenvalue weighted by atomic mass is 35.5. The van der Waals surface area contributed by atoms with E-state index in [1.807, 2.05) is 18.2 Å². The maximum atomic E-state index is 12.3. The molecule has 4 heteroatoms. The SMILES string of the molecule is O=C(Nc1ccc(Cl)cc1)c1cccc(N2CCCC2)c1. The smallest absolute Gasteiger partial charge is 0.255 e. The van der Waals surface area contributed by atoms with Crippen molar-refractivity contribution < 1.29 is 4.79 Å². The number of hydrogen-bond acceptors (Lipinski definition) is 2. The van der Waals surface area contributed by atoms with Gasteiger partial charge in [-0.1, -0.05) is 17.7 Å². The van der Waals surface area contributed by atoms with E-state index in [0.717, 1.165) is 24.5 Å². The highest BCUT2D eigenvalue weighted by Gasteiger charge is 2.14. The first-order valence-electron chi connectivity index (χ1n) is 7.14. The predicted molar refractivity (Wildman–Crippen MR) is 87.3 cm³/mol. The Labute approximate surface area is 129 Å². The van der Waals surface area contributed by atoms with E-state index >= 15 is 0 Å². The second-order valence-electron chi connectivity index (χ2n) is 5.21. The highest BCUT2D eigenvalue weighted by molar-refractivity contribution is 6.30. The van der Waals surface area contributed by atoms with Crippen molar-refractivity contribution in [1.29, 1.82) is 0 Å². The van der Waals surface area contributed by atoms with E-state index in [1.54, 1.807) is 24.3 Å². The minimum atomic E-state index is -0.0987. The lowest BCUT2D eigenvalue weighted by Crippen LogP contribution is -2.18. The zero-order chi connectivity index (χ0) is 14.7. The Morgan fingerprint density at radius 2 is 1.76 bits per heavy atom. The van der Waals surface area contributed by atoms with Crippen molar-refractivity contribution in [3.8, 4) is 0 Å². The molecule has 2 aromatic carbocycles. The van der Waals surface area contributed by atoms with Gasteiger partial charge in [-0.25, -0.2) is 0 Å². The summed E-state index contributed by atoms with van der Waals surface area (Å²) in [6.45, 7) is 2.14. The largest absolute Gasteiger partial charge is 0.372 e. The Kier molecular flexibility index (Phi) is 4.11. The quantitative estimate of drug-likeness (QED) is 0.921. The molecule has 1 saturated heterocycles. The molecule has 3 nitrogen and oxygen atoms in total. The van der Waals surface area contributed by atoms with Gasteiger partial charge < -0.3 is 10.2 Å². The average Bonchev–Trinajstić information content (AvgIpc) is 3.04. The lowest BCUT2D eigenvalue weighted by Gasteiger charge is -2.18. The summed E-state index contributed by atoms with van der Waals surface area (Å²) in [4.78, 5) is 14.6. The van der Waals surface area contributed by atoms with E-state index in [9.17, 15) is 4.79 Å². The number of benzene rings is 2. The number of nitrogens with zero attached hydrogens (tertiary/aromatic N) is 1. The van der Waals surface area contributed by atoms with Crippen molar-refractivity contribution in [2.45, 2.75) is 12.8 Å². The fraction of sp³-hybridized carbons (Fsp3) is 0.235. The molecule has 0 unspecified atom stereocenters. The predicted octanol–water partition coefficient (Wildman–Crippen LogP) is 4.19. The van der Waals surface area contributed by atoms with Crippen LogP contribution in [0.25, 0.3) is 0 Å². The summed E-state index contributed by atoms with van der Waals surface area (Å²) in [6.07, 6.45) is 2.45. The maximum absolute atomic E-state index is 12.3.